The van der Waals surface area contributed by atoms with Crippen molar-refractivity contribution < 1.29 is 14.7 Å². The lowest BCUT2D eigenvalue weighted by Crippen LogP contribution is -2.30. The Balaban J connectivity index is 2.70. The van der Waals surface area contributed by atoms with Gasteiger partial charge in [-0.25, -0.2) is 9.78 Å². The Labute approximate surface area is 132 Å². The topological polar surface area (TPSA) is 67.3 Å². The van der Waals surface area contributed by atoms with Gasteiger partial charge in [0.05, 0.1) is 11.3 Å². The van der Waals surface area contributed by atoms with Gasteiger partial charge in [0.2, 0.25) is 0 Å². The molecule has 0 spiro atoms. The molecule has 2 rings (SSSR count). The highest BCUT2D eigenvalue weighted by atomic mass is 127. The molecule has 0 aliphatic heterocycles. The van der Waals surface area contributed by atoms with Crippen molar-refractivity contribution in [3.8, 4) is 0 Å². The first-order valence-electron chi connectivity index (χ1n) is 5.37. The first-order valence-corrected chi connectivity index (χ1v) is 7.53. The van der Waals surface area contributed by atoms with E-state index >= 15 is 0 Å². The van der Waals surface area contributed by atoms with Crippen LogP contribution in [0.2, 0.25) is 0 Å². The zero-order chi connectivity index (χ0) is 13.7. The Bertz CT molecular complexity index is 567. The highest BCUT2D eigenvalue weighted by Crippen LogP contribution is 2.37. The molecule has 0 bridgehead atoms. The molecule has 1 aromatic heterocycles. The van der Waals surface area contributed by atoms with Gasteiger partial charge in [0.15, 0.2) is 5.78 Å². The highest BCUT2D eigenvalue weighted by molar-refractivity contribution is 14.1. The number of ketones is 1. The van der Waals surface area contributed by atoms with Crippen molar-refractivity contribution in [2.75, 3.05) is 0 Å². The standard InChI is InChI=1S/C12H11I2NO3/c1-12(2)3-5-7(6(16)4-12)9(13)8(11(17)18)10(14)15-5/h3-4H2,1-2H3,(H,17,18). The van der Waals surface area contributed by atoms with Gasteiger partial charge >= 0.3 is 5.97 Å². The van der Waals surface area contributed by atoms with E-state index in [1.165, 1.54) is 0 Å². The predicted molar refractivity (Wildman–Crippen MR) is 83.1 cm³/mol. The molecule has 0 saturated heterocycles. The van der Waals surface area contributed by atoms with Gasteiger partial charge in [0, 0.05) is 9.99 Å². The average Bonchev–Trinajstić information content (AvgIpc) is 2.11. The smallest absolute Gasteiger partial charge is 0.339 e. The molecule has 0 fully saturated rings. The molecule has 0 saturated carbocycles. The maximum Gasteiger partial charge on any atom is 0.339 e. The van der Waals surface area contributed by atoms with Crippen molar-refractivity contribution in [2.45, 2.75) is 26.7 Å². The molecule has 6 heteroatoms. The number of nitrogens with zero attached hydrogens (tertiary/aromatic N) is 1. The maximum absolute atomic E-state index is 12.2. The van der Waals surface area contributed by atoms with Gasteiger partial charge in [-0.05, 0) is 57.0 Å². The first-order chi connectivity index (χ1) is 8.23. The second kappa shape index (κ2) is 4.69. The van der Waals surface area contributed by atoms with Crippen LogP contribution in [0.25, 0.3) is 0 Å². The molecule has 1 heterocycles. The largest absolute Gasteiger partial charge is 0.478 e. The fraction of sp³-hybridized carbons (Fsp3) is 0.417. The Kier molecular flexibility index (Phi) is 3.69. The Morgan fingerprint density at radius 2 is 1.94 bits per heavy atom. The quantitative estimate of drug-likeness (QED) is 0.505. The fourth-order valence-corrected chi connectivity index (χ4v) is 4.61. The third-order valence-corrected chi connectivity index (χ3v) is 4.80. The highest BCUT2D eigenvalue weighted by Gasteiger charge is 2.35. The summed E-state index contributed by atoms with van der Waals surface area (Å²) in [5.41, 5.74) is 1.28. The third-order valence-electron chi connectivity index (χ3n) is 2.94. The van der Waals surface area contributed by atoms with Crippen LogP contribution in [0.1, 0.15) is 46.7 Å². The summed E-state index contributed by atoms with van der Waals surface area (Å²) in [6.07, 6.45) is 1.15. The summed E-state index contributed by atoms with van der Waals surface area (Å²) >= 11 is 3.86. The van der Waals surface area contributed by atoms with E-state index in [-0.39, 0.29) is 16.8 Å². The predicted octanol–water partition coefficient (Wildman–Crippen LogP) is 3.14. The molecule has 0 aromatic carbocycles. The second-order valence-corrected chi connectivity index (χ2v) is 7.26. The summed E-state index contributed by atoms with van der Waals surface area (Å²) < 4.78 is 0.976. The van der Waals surface area contributed by atoms with Crippen molar-refractivity contribution in [1.29, 1.82) is 0 Å². The van der Waals surface area contributed by atoms with Crippen molar-refractivity contribution >= 4 is 56.9 Å². The number of carboxylic acid groups (broad SMARTS) is 1. The van der Waals surface area contributed by atoms with Gasteiger partial charge < -0.3 is 5.11 Å². The monoisotopic (exact) mass is 471 g/mol. The minimum atomic E-state index is -1.03. The van der Waals surface area contributed by atoms with E-state index in [0.717, 1.165) is 5.69 Å². The number of pyridine rings is 1. The molecule has 0 unspecified atom stereocenters. The van der Waals surface area contributed by atoms with Crippen molar-refractivity contribution in [3.05, 3.63) is 24.1 Å². The van der Waals surface area contributed by atoms with Crippen LogP contribution < -0.4 is 0 Å². The first kappa shape index (κ1) is 14.2. The summed E-state index contributed by atoms with van der Waals surface area (Å²) in [7, 11) is 0. The van der Waals surface area contributed by atoms with Crippen LogP contribution in [0.15, 0.2) is 0 Å². The Hall–Kier alpha value is -0.250. The molecule has 4 nitrogen and oxygen atoms in total. The lowest BCUT2D eigenvalue weighted by Gasteiger charge is -2.30. The van der Waals surface area contributed by atoms with Crippen LogP contribution in [0.3, 0.4) is 0 Å². The van der Waals surface area contributed by atoms with E-state index in [0.29, 0.717) is 25.7 Å². The maximum atomic E-state index is 12.2. The molecule has 1 aliphatic rings. The van der Waals surface area contributed by atoms with Crippen LogP contribution in [-0.4, -0.2) is 21.8 Å². The van der Waals surface area contributed by atoms with Crippen molar-refractivity contribution in [2.24, 2.45) is 5.41 Å². The van der Waals surface area contributed by atoms with E-state index in [2.05, 4.69) is 4.98 Å². The molecule has 1 N–H and O–H groups in total. The third kappa shape index (κ3) is 2.40. The number of rotatable bonds is 1. The number of carbonyl (C=O) groups excluding carboxylic acids is 1. The number of halogens is 2. The molecule has 1 aliphatic carbocycles. The van der Waals surface area contributed by atoms with E-state index in [1.807, 2.05) is 59.0 Å². The molecule has 18 heavy (non-hydrogen) atoms. The van der Waals surface area contributed by atoms with Gasteiger partial charge in [-0.15, -0.1) is 0 Å². The summed E-state index contributed by atoms with van der Waals surface area (Å²) in [5, 5.41) is 9.18. The van der Waals surface area contributed by atoms with Crippen LogP contribution in [0.5, 0.6) is 0 Å². The van der Waals surface area contributed by atoms with E-state index in [1.54, 1.807) is 0 Å². The molecular weight excluding hydrogens is 460 g/mol. The number of fused-ring (bicyclic) bond motifs is 1. The van der Waals surface area contributed by atoms with Crippen LogP contribution in [-0.2, 0) is 6.42 Å². The summed E-state index contributed by atoms with van der Waals surface area (Å²) in [5.74, 6) is -1.03. The van der Waals surface area contributed by atoms with Crippen LogP contribution in [0.4, 0.5) is 0 Å². The molecule has 96 valence electrons. The SMILES string of the molecule is CC1(C)CC(=O)c2c(nc(I)c(C(=O)O)c2I)C1. The Morgan fingerprint density at radius 3 is 2.50 bits per heavy atom. The van der Waals surface area contributed by atoms with E-state index < -0.39 is 5.97 Å². The second-order valence-electron chi connectivity index (χ2n) is 5.16. The zero-order valence-electron chi connectivity index (χ0n) is 9.88. The van der Waals surface area contributed by atoms with Crippen LogP contribution in [0, 0.1) is 12.7 Å². The minimum absolute atomic E-state index is 0.00273. The fourth-order valence-electron chi connectivity index (χ4n) is 2.20. The number of aromatic carboxylic acids is 1. The van der Waals surface area contributed by atoms with Gasteiger partial charge in [0.1, 0.15) is 9.26 Å². The molecular formula is C12H11I2NO3. The lowest BCUT2D eigenvalue weighted by atomic mass is 9.75. The normalized spacial score (nSPS) is 17.4. The van der Waals surface area contributed by atoms with Crippen molar-refractivity contribution in [3.63, 3.8) is 0 Å². The number of aromatic nitrogens is 1. The number of hydrogen-bond acceptors (Lipinski definition) is 3. The Morgan fingerprint density at radius 1 is 1.33 bits per heavy atom. The number of Topliss-reactive ketones (excluding diaryl/α,β-unsaturated/α-hetero) is 1. The molecule has 0 radical (unpaired) electrons. The van der Waals surface area contributed by atoms with Crippen molar-refractivity contribution in [1.82, 2.24) is 4.98 Å². The number of carbonyl (C=O) groups is 2. The van der Waals surface area contributed by atoms with Gasteiger partial charge in [-0.1, -0.05) is 13.8 Å². The number of carboxylic acids is 1. The summed E-state index contributed by atoms with van der Waals surface area (Å²) in [4.78, 5) is 27.7. The lowest BCUT2D eigenvalue weighted by molar-refractivity contribution is 0.0694. The van der Waals surface area contributed by atoms with E-state index in [4.69, 9.17) is 0 Å². The van der Waals surface area contributed by atoms with Crippen LogP contribution >= 0.6 is 45.2 Å². The summed E-state index contributed by atoms with van der Waals surface area (Å²) in [6.45, 7) is 4.06. The van der Waals surface area contributed by atoms with Gasteiger partial charge in [-0.2, -0.15) is 0 Å². The molecule has 0 amide bonds. The summed E-state index contributed by atoms with van der Waals surface area (Å²) in [6, 6.07) is 0. The average molecular weight is 471 g/mol. The van der Waals surface area contributed by atoms with Gasteiger partial charge in [0.25, 0.3) is 0 Å². The van der Waals surface area contributed by atoms with Gasteiger partial charge in [-0.3, -0.25) is 4.79 Å². The van der Waals surface area contributed by atoms with E-state index in [9.17, 15) is 14.7 Å². The number of hydrogen-bond donors (Lipinski definition) is 1. The molecule has 1 aromatic rings. The molecule has 0 atom stereocenters. The minimum Gasteiger partial charge on any atom is -0.478 e. The zero-order valence-corrected chi connectivity index (χ0v) is 14.2.